The van der Waals surface area contributed by atoms with Crippen LogP contribution in [-0.4, -0.2) is 34.3 Å². The molecule has 0 aliphatic rings. The highest BCUT2D eigenvalue weighted by Gasteiger charge is 2.15. The molecule has 0 atom stereocenters. The maximum atomic E-state index is 13.3. The van der Waals surface area contributed by atoms with Gasteiger partial charge in [-0.05, 0) is 36.4 Å². The Balaban J connectivity index is 1.38. The highest BCUT2D eigenvalue weighted by molar-refractivity contribution is 7.15. The second-order valence-electron chi connectivity index (χ2n) is 6.73. The standard InChI is InChI=1S/C21H13FN8S/c22-14-8-6-13(7-9-14)17-11-31-21-27-20(28-30(17)21)26-18-16-10-25-29(19(16)24-12-23-18)15-4-2-1-3-5-15/h1-12H,(H,23,24,26,28). The zero-order valence-electron chi connectivity index (χ0n) is 15.8. The summed E-state index contributed by atoms with van der Waals surface area (Å²) in [5.74, 6) is 0.691. The van der Waals surface area contributed by atoms with Gasteiger partial charge in [0.1, 0.15) is 18.0 Å². The number of nitrogens with zero attached hydrogens (tertiary/aromatic N) is 7. The quantitative estimate of drug-likeness (QED) is 0.446. The Bertz CT molecular complexity index is 1520. The predicted octanol–water partition coefficient (Wildman–Crippen LogP) is 4.47. The molecule has 0 spiro atoms. The van der Waals surface area contributed by atoms with Crippen molar-refractivity contribution in [3.63, 3.8) is 0 Å². The Labute approximate surface area is 178 Å². The molecule has 6 aromatic rings. The average molecular weight is 428 g/mol. The number of hydrogen-bond donors (Lipinski definition) is 1. The van der Waals surface area contributed by atoms with Crippen LogP contribution in [0.5, 0.6) is 0 Å². The lowest BCUT2D eigenvalue weighted by Crippen LogP contribution is -2.00. The number of fused-ring (bicyclic) bond motifs is 2. The number of hydrogen-bond acceptors (Lipinski definition) is 7. The molecule has 4 aromatic heterocycles. The summed E-state index contributed by atoms with van der Waals surface area (Å²) in [6, 6.07) is 16.1. The maximum Gasteiger partial charge on any atom is 0.249 e. The first kappa shape index (κ1) is 17.7. The van der Waals surface area contributed by atoms with E-state index in [2.05, 4.69) is 30.5 Å². The molecule has 31 heavy (non-hydrogen) atoms. The molecule has 2 aromatic carbocycles. The molecule has 0 fully saturated rings. The first-order valence-electron chi connectivity index (χ1n) is 9.38. The van der Waals surface area contributed by atoms with Gasteiger partial charge in [-0.3, -0.25) is 0 Å². The summed E-state index contributed by atoms with van der Waals surface area (Å²) in [6.45, 7) is 0. The first-order chi connectivity index (χ1) is 15.3. The van der Waals surface area contributed by atoms with Crippen molar-refractivity contribution in [2.75, 3.05) is 5.32 Å². The Morgan fingerprint density at radius 3 is 2.65 bits per heavy atom. The lowest BCUT2D eigenvalue weighted by atomic mass is 10.2. The van der Waals surface area contributed by atoms with Crippen LogP contribution in [0.4, 0.5) is 16.2 Å². The van der Waals surface area contributed by atoms with Crippen LogP contribution in [0.3, 0.4) is 0 Å². The van der Waals surface area contributed by atoms with Crippen LogP contribution >= 0.6 is 11.3 Å². The second-order valence-corrected chi connectivity index (χ2v) is 7.57. The number of halogens is 1. The largest absolute Gasteiger partial charge is 0.307 e. The smallest absolute Gasteiger partial charge is 0.249 e. The molecule has 0 saturated carbocycles. The number of thiazole rings is 1. The molecule has 4 heterocycles. The molecule has 0 radical (unpaired) electrons. The molecule has 1 N–H and O–H groups in total. The Morgan fingerprint density at radius 1 is 0.968 bits per heavy atom. The molecule has 0 saturated heterocycles. The molecule has 0 aliphatic heterocycles. The molecule has 0 aliphatic carbocycles. The van der Waals surface area contributed by atoms with Crippen molar-refractivity contribution in [3.8, 4) is 16.9 Å². The zero-order valence-corrected chi connectivity index (χ0v) is 16.7. The van der Waals surface area contributed by atoms with E-state index in [-0.39, 0.29) is 5.82 Å². The van der Waals surface area contributed by atoms with Crippen LogP contribution in [0.25, 0.3) is 32.9 Å². The fourth-order valence-electron chi connectivity index (χ4n) is 3.36. The summed E-state index contributed by atoms with van der Waals surface area (Å²) in [7, 11) is 0. The third kappa shape index (κ3) is 3.01. The highest BCUT2D eigenvalue weighted by Crippen LogP contribution is 2.28. The summed E-state index contributed by atoms with van der Waals surface area (Å²) in [5.41, 5.74) is 3.28. The van der Waals surface area contributed by atoms with Crippen molar-refractivity contribution in [2.24, 2.45) is 0 Å². The summed E-state index contributed by atoms with van der Waals surface area (Å²) >= 11 is 1.46. The minimum Gasteiger partial charge on any atom is -0.307 e. The van der Waals surface area contributed by atoms with Gasteiger partial charge >= 0.3 is 0 Å². The number of benzene rings is 2. The van der Waals surface area contributed by atoms with E-state index >= 15 is 0 Å². The van der Waals surface area contributed by atoms with E-state index < -0.39 is 0 Å². The van der Waals surface area contributed by atoms with Crippen molar-refractivity contribution >= 4 is 39.1 Å². The van der Waals surface area contributed by atoms with E-state index in [9.17, 15) is 4.39 Å². The molecule has 8 nitrogen and oxygen atoms in total. The van der Waals surface area contributed by atoms with Crippen LogP contribution in [0.1, 0.15) is 0 Å². The Morgan fingerprint density at radius 2 is 1.81 bits per heavy atom. The molecule has 6 rings (SSSR count). The van der Waals surface area contributed by atoms with Crippen molar-refractivity contribution in [1.29, 1.82) is 0 Å². The molecular formula is C21H13FN8S. The van der Waals surface area contributed by atoms with Gasteiger partial charge < -0.3 is 5.32 Å². The van der Waals surface area contributed by atoms with E-state index in [0.717, 1.165) is 22.3 Å². The highest BCUT2D eigenvalue weighted by atomic mass is 32.1. The predicted molar refractivity (Wildman–Crippen MR) is 116 cm³/mol. The van der Waals surface area contributed by atoms with Gasteiger partial charge in [-0.1, -0.05) is 18.2 Å². The number of rotatable bonds is 4. The van der Waals surface area contributed by atoms with Gasteiger partial charge in [-0.15, -0.1) is 16.4 Å². The third-order valence-corrected chi connectivity index (χ3v) is 5.63. The third-order valence-electron chi connectivity index (χ3n) is 4.82. The van der Waals surface area contributed by atoms with Crippen LogP contribution in [0, 0.1) is 5.82 Å². The minimum absolute atomic E-state index is 0.278. The molecule has 0 amide bonds. The maximum absolute atomic E-state index is 13.3. The Kier molecular flexibility index (Phi) is 3.96. The van der Waals surface area contributed by atoms with E-state index in [1.54, 1.807) is 27.5 Å². The van der Waals surface area contributed by atoms with Crippen molar-refractivity contribution < 1.29 is 4.39 Å². The van der Waals surface area contributed by atoms with E-state index in [4.69, 9.17) is 0 Å². The zero-order chi connectivity index (χ0) is 20.8. The van der Waals surface area contributed by atoms with E-state index in [1.807, 2.05) is 35.7 Å². The average Bonchev–Trinajstić information content (AvgIpc) is 3.50. The fraction of sp³-hybridized carbons (Fsp3) is 0. The molecule has 10 heteroatoms. The fourth-order valence-corrected chi connectivity index (χ4v) is 4.19. The second kappa shape index (κ2) is 6.96. The van der Waals surface area contributed by atoms with Crippen LogP contribution < -0.4 is 5.32 Å². The number of anilines is 2. The summed E-state index contributed by atoms with van der Waals surface area (Å²) < 4.78 is 16.8. The summed E-state index contributed by atoms with van der Waals surface area (Å²) in [5, 5.41) is 14.9. The van der Waals surface area contributed by atoms with Crippen LogP contribution in [0.15, 0.2) is 72.5 Å². The molecule has 0 bridgehead atoms. The van der Waals surface area contributed by atoms with E-state index in [0.29, 0.717) is 22.4 Å². The SMILES string of the molecule is Fc1ccc(-c2csc3nc(Nc4ncnc5c4cnn5-c4ccccc4)nn23)cc1. The van der Waals surface area contributed by atoms with Crippen LogP contribution in [0.2, 0.25) is 0 Å². The number of para-hydroxylation sites is 1. The van der Waals surface area contributed by atoms with Crippen molar-refractivity contribution in [3.05, 3.63) is 78.3 Å². The Hall–Kier alpha value is -4.18. The first-order valence-corrected chi connectivity index (χ1v) is 10.3. The van der Waals surface area contributed by atoms with Gasteiger partial charge in [-0.25, -0.2) is 23.6 Å². The molecule has 150 valence electrons. The lowest BCUT2D eigenvalue weighted by molar-refractivity contribution is 0.628. The monoisotopic (exact) mass is 428 g/mol. The van der Waals surface area contributed by atoms with Crippen molar-refractivity contribution in [1.82, 2.24) is 34.3 Å². The van der Waals surface area contributed by atoms with Gasteiger partial charge in [0.05, 0.1) is 23.0 Å². The van der Waals surface area contributed by atoms with Crippen LogP contribution in [-0.2, 0) is 0 Å². The molecule has 0 unspecified atom stereocenters. The van der Waals surface area contributed by atoms with Gasteiger partial charge in [0.2, 0.25) is 10.9 Å². The van der Waals surface area contributed by atoms with E-state index in [1.165, 1.54) is 29.8 Å². The minimum atomic E-state index is -0.278. The van der Waals surface area contributed by atoms with Gasteiger partial charge in [0.15, 0.2) is 5.65 Å². The summed E-state index contributed by atoms with van der Waals surface area (Å²) in [4.78, 5) is 14.0. The number of aromatic nitrogens is 7. The lowest BCUT2D eigenvalue weighted by Gasteiger charge is -2.04. The van der Waals surface area contributed by atoms with Gasteiger partial charge in [-0.2, -0.15) is 10.1 Å². The summed E-state index contributed by atoms with van der Waals surface area (Å²) in [6.07, 6.45) is 3.20. The van der Waals surface area contributed by atoms with Gasteiger partial charge in [0.25, 0.3) is 0 Å². The number of nitrogens with one attached hydrogen (secondary N) is 1. The molecular weight excluding hydrogens is 415 g/mol. The normalized spacial score (nSPS) is 11.4. The van der Waals surface area contributed by atoms with Gasteiger partial charge in [0, 0.05) is 10.9 Å². The van der Waals surface area contributed by atoms with Crippen molar-refractivity contribution in [2.45, 2.75) is 0 Å². The topological polar surface area (TPSA) is 85.8 Å².